The molecule has 0 spiro atoms. The second kappa shape index (κ2) is 16.8. The highest BCUT2D eigenvalue weighted by Crippen LogP contribution is 2.58. The summed E-state index contributed by atoms with van der Waals surface area (Å²) in [6.07, 6.45) is 7.51. The van der Waals surface area contributed by atoms with Crippen molar-refractivity contribution in [3.8, 4) is 5.75 Å². The first-order chi connectivity index (χ1) is 27.0. The van der Waals surface area contributed by atoms with Gasteiger partial charge in [-0.15, -0.1) is 11.3 Å². The topological polar surface area (TPSA) is 147 Å². The molecule has 3 aliphatic rings. The Labute approximate surface area is 329 Å². The summed E-state index contributed by atoms with van der Waals surface area (Å²) in [6.45, 7) is 6.67. The average Bonchev–Trinajstić information content (AvgIpc) is 3.77. The molecular formula is C41H47FN5O7PS. The Morgan fingerprint density at radius 1 is 1.05 bits per heavy atom. The number of nitrogens with one attached hydrogen (secondary N) is 2. The molecule has 296 valence electrons. The predicted molar refractivity (Wildman–Crippen MR) is 211 cm³/mol. The maximum absolute atomic E-state index is 16.5. The number of benzene rings is 2. The summed E-state index contributed by atoms with van der Waals surface area (Å²) < 4.78 is 42.3. The van der Waals surface area contributed by atoms with E-state index >= 15 is 4.39 Å². The second-order valence-corrected chi connectivity index (χ2v) is 18.1. The zero-order valence-corrected chi connectivity index (χ0v) is 33.4. The minimum absolute atomic E-state index is 0.0296. The molecule has 3 aliphatic heterocycles. The molecule has 2 aromatic heterocycles. The highest BCUT2D eigenvalue weighted by atomic mass is 32.1. The molecule has 3 amide bonds. The minimum Gasteiger partial charge on any atom is -0.465 e. The Balaban J connectivity index is 1.04. The molecule has 0 saturated carbocycles. The molecule has 3 fully saturated rings. The number of alkyl halides is 1. The van der Waals surface area contributed by atoms with E-state index in [1.807, 2.05) is 31.0 Å². The van der Waals surface area contributed by atoms with E-state index in [9.17, 15) is 23.7 Å². The lowest BCUT2D eigenvalue weighted by Gasteiger charge is -2.43. The van der Waals surface area contributed by atoms with Crippen molar-refractivity contribution in [1.82, 2.24) is 25.2 Å². The number of carbonyl (C=O) groups excluding carboxylic acids is 4. The number of ether oxygens (including phenoxy) is 1. The van der Waals surface area contributed by atoms with Crippen molar-refractivity contribution in [2.45, 2.75) is 95.3 Å². The molecule has 2 N–H and O–H groups in total. The van der Waals surface area contributed by atoms with Crippen LogP contribution in [0.25, 0.3) is 10.1 Å². The fourth-order valence-corrected chi connectivity index (χ4v) is 10.7. The number of carbonyl (C=O) groups is 4. The maximum atomic E-state index is 16.5. The second-order valence-electron chi connectivity index (χ2n) is 14.9. The number of rotatable bonds is 13. The maximum Gasteiger partial charge on any atom is 0.355 e. The highest BCUT2D eigenvalue weighted by molar-refractivity contribution is 7.57. The van der Waals surface area contributed by atoms with Crippen molar-refractivity contribution in [1.29, 1.82) is 0 Å². The van der Waals surface area contributed by atoms with Crippen LogP contribution in [0.5, 0.6) is 5.75 Å². The van der Waals surface area contributed by atoms with Crippen LogP contribution in [0.1, 0.15) is 90.6 Å². The first-order valence-corrected chi connectivity index (χ1v) is 21.8. The Hall–Kier alpha value is -4.65. The number of pyridine rings is 1. The van der Waals surface area contributed by atoms with Gasteiger partial charge in [0.15, 0.2) is 0 Å². The van der Waals surface area contributed by atoms with Gasteiger partial charge in [-0.1, -0.05) is 31.2 Å². The molecule has 15 heteroatoms. The quantitative estimate of drug-likeness (QED) is 0.107. The zero-order valence-electron chi connectivity index (χ0n) is 31.7. The van der Waals surface area contributed by atoms with E-state index in [-0.39, 0.29) is 41.7 Å². The number of aromatic nitrogens is 1. The van der Waals surface area contributed by atoms with Gasteiger partial charge in [0.05, 0.1) is 11.5 Å². The highest BCUT2D eigenvalue weighted by Gasteiger charge is 2.48. The van der Waals surface area contributed by atoms with Crippen LogP contribution >= 0.6 is 18.9 Å². The van der Waals surface area contributed by atoms with Gasteiger partial charge in [-0.25, -0.2) is 9.48 Å². The number of halogens is 1. The lowest BCUT2D eigenvalue weighted by molar-refractivity contribution is -0.148. The number of esters is 1. The van der Waals surface area contributed by atoms with E-state index in [2.05, 4.69) is 15.4 Å². The lowest BCUT2D eigenvalue weighted by Crippen LogP contribution is -2.58. The summed E-state index contributed by atoms with van der Waals surface area (Å²) in [5.41, 5.74) is 2.32. The van der Waals surface area contributed by atoms with Crippen LogP contribution in [-0.2, 0) is 23.7 Å². The molecule has 5 heterocycles. The number of fused-ring (bicyclic) bond motifs is 2. The number of likely N-dealkylation sites (tertiary alicyclic amines) is 1. The molecule has 7 rings (SSSR count). The van der Waals surface area contributed by atoms with E-state index in [4.69, 9.17) is 9.26 Å². The van der Waals surface area contributed by atoms with E-state index in [1.165, 1.54) is 30.4 Å². The molecule has 0 unspecified atom stereocenters. The van der Waals surface area contributed by atoms with Crippen LogP contribution in [-0.4, -0.2) is 82.3 Å². The first kappa shape index (κ1) is 39.6. The molecule has 56 heavy (non-hydrogen) atoms. The number of nitrogens with zero attached hydrogens (tertiary/aromatic N) is 3. The number of aryl methyl sites for hydroxylation is 1. The van der Waals surface area contributed by atoms with Crippen molar-refractivity contribution in [2.24, 2.45) is 0 Å². The molecule has 6 atom stereocenters. The zero-order chi connectivity index (χ0) is 39.6. The van der Waals surface area contributed by atoms with Crippen LogP contribution in [0.2, 0.25) is 0 Å². The van der Waals surface area contributed by atoms with Gasteiger partial charge in [-0.05, 0) is 111 Å². The van der Waals surface area contributed by atoms with Crippen molar-refractivity contribution in [3.05, 3.63) is 94.6 Å². The fourth-order valence-electron chi connectivity index (χ4n) is 7.88. The number of para-hydroxylation sites is 1. The number of hydrogen-bond donors (Lipinski definition) is 2. The van der Waals surface area contributed by atoms with E-state index in [0.29, 0.717) is 47.3 Å². The Morgan fingerprint density at radius 2 is 1.84 bits per heavy atom. The summed E-state index contributed by atoms with van der Waals surface area (Å²) in [7, 11) is -4.43. The molecule has 3 saturated heterocycles. The van der Waals surface area contributed by atoms with E-state index < -0.39 is 43.4 Å². The normalized spacial score (nSPS) is 22.0. The molecule has 4 aromatic rings. The van der Waals surface area contributed by atoms with Crippen molar-refractivity contribution in [3.63, 3.8) is 0 Å². The third kappa shape index (κ3) is 8.24. The van der Waals surface area contributed by atoms with Crippen molar-refractivity contribution < 1.29 is 37.4 Å². The predicted octanol–water partition coefficient (Wildman–Crippen LogP) is 7.04. The molecule has 0 bridgehead atoms. The molecule has 2 aromatic carbocycles. The Kier molecular flexibility index (Phi) is 11.9. The standard InChI is InChI=1S/C41H47FN5O7PS/c1-4-19-53-41(51)26(3)45-55(52,54-31-10-6-5-7-11-31)37(42)27-13-16-35-28(20-27)21-36(56-35)38(48)44-33-12-8-9-30-14-15-34(47(30)39(33)49)40(50)46-23-29(24-46)32-22-43-18-17-25(32)2/h5-7,10-11,13,16-18,20-22,26,29-30,33-34,37H,4,8-9,12,14-15,19,23-24H2,1-3H3,(H,44,48)(H,45,52)/t26-,30-,33-,34-,37-,55+/m0/s1. The van der Waals surface area contributed by atoms with Crippen LogP contribution in [0, 0.1) is 6.92 Å². The van der Waals surface area contributed by atoms with Gasteiger partial charge in [0.2, 0.25) is 17.7 Å². The van der Waals surface area contributed by atoms with Gasteiger partial charge in [-0.3, -0.25) is 28.7 Å². The Morgan fingerprint density at radius 3 is 2.59 bits per heavy atom. The Bertz CT molecular complexity index is 2150. The SMILES string of the molecule is CCCOC(=O)[C@H](C)N[P@](=O)(Oc1ccccc1)[C@H](F)c1ccc2sc(C(=O)N[C@H]3CCC[C@H]4CC[C@@H](C(=O)N5CC(c6cnccc6C)C5)N4C3=O)cc2c1. The van der Waals surface area contributed by atoms with E-state index in [1.54, 1.807) is 53.6 Å². The van der Waals surface area contributed by atoms with Crippen LogP contribution in [0.4, 0.5) is 4.39 Å². The molecule has 0 radical (unpaired) electrons. The van der Waals surface area contributed by atoms with Gasteiger partial charge in [-0.2, -0.15) is 0 Å². The number of hydrogen-bond acceptors (Lipinski definition) is 9. The third-order valence-electron chi connectivity index (χ3n) is 10.9. The van der Waals surface area contributed by atoms with Crippen LogP contribution in [0.3, 0.4) is 0 Å². The number of amides is 3. The van der Waals surface area contributed by atoms with Gasteiger partial charge < -0.3 is 24.4 Å². The van der Waals surface area contributed by atoms with Gasteiger partial charge in [0.25, 0.3) is 5.91 Å². The third-order valence-corrected chi connectivity index (χ3v) is 14.1. The van der Waals surface area contributed by atoms with Gasteiger partial charge >= 0.3 is 13.5 Å². The summed E-state index contributed by atoms with van der Waals surface area (Å²) in [4.78, 5) is 62.2. The summed E-state index contributed by atoms with van der Waals surface area (Å²) in [5.74, 6) is -3.22. The van der Waals surface area contributed by atoms with Crippen LogP contribution in [0.15, 0.2) is 73.1 Å². The largest absolute Gasteiger partial charge is 0.465 e. The fraction of sp³-hybridized carbons (Fsp3) is 0.439. The van der Waals surface area contributed by atoms with Crippen molar-refractivity contribution in [2.75, 3.05) is 19.7 Å². The van der Waals surface area contributed by atoms with Crippen molar-refractivity contribution >= 4 is 52.6 Å². The van der Waals surface area contributed by atoms with E-state index in [0.717, 1.165) is 30.4 Å². The lowest BCUT2D eigenvalue weighted by atomic mass is 9.89. The number of thiophene rings is 1. The smallest absolute Gasteiger partial charge is 0.355 e. The minimum atomic E-state index is -4.43. The summed E-state index contributed by atoms with van der Waals surface area (Å²) >= 11 is 1.19. The summed E-state index contributed by atoms with van der Waals surface area (Å²) in [5, 5.41) is 6.06. The summed E-state index contributed by atoms with van der Waals surface area (Å²) in [6, 6.07) is 13.8. The average molecular weight is 804 g/mol. The molecule has 12 nitrogen and oxygen atoms in total. The first-order valence-electron chi connectivity index (χ1n) is 19.2. The van der Waals surface area contributed by atoms with Gasteiger partial charge in [0, 0.05) is 42.1 Å². The monoisotopic (exact) mass is 803 g/mol. The molecule has 0 aliphatic carbocycles. The molecular weight excluding hydrogens is 757 g/mol. The van der Waals surface area contributed by atoms with Gasteiger partial charge in [0.1, 0.15) is 23.9 Å². The van der Waals surface area contributed by atoms with Crippen LogP contribution < -0.4 is 14.9 Å².